The number of nitroso groups, excluding NO2 is 1. The maximum Gasteiger partial charge on any atom is 0.269 e. The van der Waals surface area contributed by atoms with Gasteiger partial charge in [0.05, 0.1) is 0 Å². The molecule has 6 heteroatoms. The minimum Gasteiger partial charge on any atom is -0.267 e. The fraction of sp³-hybridized carbons (Fsp3) is 0.176. The molecule has 0 aliphatic carbocycles. The zero-order valence-electron chi connectivity index (χ0n) is 13.3. The Bertz CT molecular complexity index is 699. The van der Waals surface area contributed by atoms with E-state index in [-0.39, 0.29) is 11.3 Å². The van der Waals surface area contributed by atoms with Gasteiger partial charge in [0, 0.05) is 11.1 Å². The molecular weight excluding hydrogens is 294 g/mol. The van der Waals surface area contributed by atoms with Gasteiger partial charge in [-0.05, 0) is 42.4 Å². The van der Waals surface area contributed by atoms with Gasteiger partial charge < -0.3 is 0 Å². The lowest BCUT2D eigenvalue weighted by Crippen LogP contribution is -2.41. The Hall–Kier alpha value is -3.02. The van der Waals surface area contributed by atoms with Crippen LogP contribution >= 0.6 is 0 Å². The van der Waals surface area contributed by atoms with Gasteiger partial charge in [0.25, 0.3) is 11.8 Å². The second kappa shape index (κ2) is 9.09. The Kier molecular flexibility index (Phi) is 7.13. The van der Waals surface area contributed by atoms with Crippen molar-refractivity contribution >= 4 is 17.5 Å². The molecule has 0 aliphatic rings. The number of hydrogen-bond acceptors (Lipinski definition) is 4. The molecule has 2 rings (SSSR count). The fourth-order valence-corrected chi connectivity index (χ4v) is 1.75. The third-order valence-electron chi connectivity index (χ3n) is 2.78. The molecule has 6 nitrogen and oxygen atoms in total. The monoisotopic (exact) mass is 313 g/mol. The normalized spacial score (nSPS) is 9.17. The first-order chi connectivity index (χ1) is 11.1. The van der Waals surface area contributed by atoms with E-state index in [2.05, 4.69) is 16.0 Å². The van der Waals surface area contributed by atoms with Gasteiger partial charge in [0.15, 0.2) is 0 Å². The molecule has 0 saturated heterocycles. The van der Waals surface area contributed by atoms with Crippen LogP contribution in [0.4, 0.5) is 5.69 Å². The van der Waals surface area contributed by atoms with Gasteiger partial charge in [-0.3, -0.25) is 20.4 Å². The number of benzene rings is 2. The largest absolute Gasteiger partial charge is 0.269 e. The van der Waals surface area contributed by atoms with Crippen LogP contribution in [0.3, 0.4) is 0 Å². The SMILES string of the molecule is CC.Cc1cccc(C(=O)NNC(=O)c2cccc(N=O)c2)c1. The number of hydrazine groups is 1. The standard InChI is InChI=1S/C15H13N3O3.C2H6/c1-10-4-2-5-11(8-10)14(19)16-17-15(20)12-6-3-7-13(9-12)18-21;1-2/h2-9H,1H3,(H,16,19)(H,17,20);1-2H3. The molecule has 2 amide bonds. The van der Waals surface area contributed by atoms with Crippen LogP contribution in [-0.2, 0) is 0 Å². The summed E-state index contributed by atoms with van der Waals surface area (Å²) in [6, 6.07) is 12.8. The van der Waals surface area contributed by atoms with Crippen molar-refractivity contribution in [2.45, 2.75) is 20.8 Å². The molecule has 2 aromatic carbocycles. The number of amides is 2. The highest BCUT2D eigenvalue weighted by atomic mass is 16.3. The molecule has 0 bridgehead atoms. The Labute approximate surface area is 134 Å². The third-order valence-corrected chi connectivity index (χ3v) is 2.78. The van der Waals surface area contributed by atoms with E-state index in [0.29, 0.717) is 5.56 Å². The van der Waals surface area contributed by atoms with E-state index in [1.807, 2.05) is 26.8 Å². The van der Waals surface area contributed by atoms with Crippen LogP contribution in [0.25, 0.3) is 0 Å². The van der Waals surface area contributed by atoms with Crippen molar-refractivity contribution in [1.29, 1.82) is 0 Å². The van der Waals surface area contributed by atoms with Crippen molar-refractivity contribution in [1.82, 2.24) is 10.9 Å². The zero-order valence-corrected chi connectivity index (χ0v) is 13.3. The molecule has 120 valence electrons. The summed E-state index contributed by atoms with van der Waals surface area (Å²) in [5.74, 6) is -0.946. The Morgan fingerprint density at radius 1 is 0.870 bits per heavy atom. The van der Waals surface area contributed by atoms with Crippen molar-refractivity contribution < 1.29 is 9.59 Å². The summed E-state index contributed by atoms with van der Waals surface area (Å²) in [5, 5.41) is 2.75. The van der Waals surface area contributed by atoms with Gasteiger partial charge in [0.2, 0.25) is 0 Å². The second-order valence-electron chi connectivity index (χ2n) is 4.42. The quantitative estimate of drug-likeness (QED) is 0.671. The van der Waals surface area contributed by atoms with Crippen LogP contribution in [0.15, 0.2) is 53.7 Å². The maximum absolute atomic E-state index is 11.9. The van der Waals surface area contributed by atoms with Gasteiger partial charge in [0.1, 0.15) is 5.69 Å². The molecule has 0 saturated carbocycles. The van der Waals surface area contributed by atoms with Crippen LogP contribution in [0, 0.1) is 11.8 Å². The minimum absolute atomic E-state index is 0.146. The third kappa shape index (κ3) is 5.35. The molecule has 0 atom stereocenters. The molecule has 0 aliphatic heterocycles. The van der Waals surface area contributed by atoms with Crippen molar-refractivity contribution in [3.05, 3.63) is 70.1 Å². The number of rotatable bonds is 3. The van der Waals surface area contributed by atoms with Crippen LogP contribution in [0.1, 0.15) is 40.1 Å². The van der Waals surface area contributed by atoms with Crippen LogP contribution in [0.2, 0.25) is 0 Å². The summed E-state index contributed by atoms with van der Waals surface area (Å²) >= 11 is 0. The maximum atomic E-state index is 11.9. The van der Waals surface area contributed by atoms with E-state index in [4.69, 9.17) is 0 Å². The second-order valence-corrected chi connectivity index (χ2v) is 4.42. The zero-order chi connectivity index (χ0) is 17.2. The van der Waals surface area contributed by atoms with E-state index in [0.717, 1.165) is 5.56 Å². The lowest BCUT2D eigenvalue weighted by Gasteiger charge is -2.08. The number of nitrogens with one attached hydrogen (secondary N) is 2. The smallest absolute Gasteiger partial charge is 0.267 e. The van der Waals surface area contributed by atoms with Crippen molar-refractivity contribution in [2.75, 3.05) is 0 Å². The van der Waals surface area contributed by atoms with E-state index in [9.17, 15) is 14.5 Å². The van der Waals surface area contributed by atoms with Gasteiger partial charge in [-0.2, -0.15) is 0 Å². The highest BCUT2D eigenvalue weighted by molar-refractivity contribution is 5.99. The summed E-state index contributed by atoms with van der Waals surface area (Å²) in [7, 11) is 0. The molecule has 23 heavy (non-hydrogen) atoms. The molecular formula is C17H19N3O3. The summed E-state index contributed by atoms with van der Waals surface area (Å²) in [4.78, 5) is 34.1. The molecule has 0 heterocycles. The fourth-order valence-electron chi connectivity index (χ4n) is 1.75. The van der Waals surface area contributed by atoms with Crippen molar-refractivity contribution in [2.24, 2.45) is 5.18 Å². The van der Waals surface area contributed by atoms with Gasteiger partial charge >= 0.3 is 0 Å². The van der Waals surface area contributed by atoms with Gasteiger partial charge in [-0.15, -0.1) is 4.91 Å². The molecule has 0 radical (unpaired) electrons. The summed E-state index contributed by atoms with van der Waals surface area (Å²) in [5.41, 5.74) is 6.37. The van der Waals surface area contributed by atoms with Crippen LogP contribution in [0.5, 0.6) is 0 Å². The number of carbonyl (C=O) groups is 2. The molecule has 2 N–H and O–H groups in total. The molecule has 2 aromatic rings. The first kappa shape index (κ1) is 18.0. The Morgan fingerprint density at radius 3 is 1.91 bits per heavy atom. The van der Waals surface area contributed by atoms with Gasteiger partial charge in [-0.25, -0.2) is 0 Å². The Balaban J connectivity index is 0.00000127. The van der Waals surface area contributed by atoms with Crippen molar-refractivity contribution in [3.63, 3.8) is 0 Å². The lowest BCUT2D eigenvalue weighted by molar-refractivity contribution is 0.0846. The number of aryl methyl sites for hydroxylation is 1. The first-order valence-electron chi connectivity index (χ1n) is 7.21. The molecule has 0 spiro atoms. The average Bonchev–Trinajstić information content (AvgIpc) is 2.61. The van der Waals surface area contributed by atoms with E-state index in [1.165, 1.54) is 24.3 Å². The van der Waals surface area contributed by atoms with Crippen LogP contribution < -0.4 is 10.9 Å². The van der Waals surface area contributed by atoms with Crippen LogP contribution in [-0.4, -0.2) is 11.8 Å². The van der Waals surface area contributed by atoms with Gasteiger partial charge in [-0.1, -0.05) is 37.6 Å². The first-order valence-corrected chi connectivity index (χ1v) is 7.21. The predicted molar refractivity (Wildman–Crippen MR) is 89.4 cm³/mol. The predicted octanol–water partition coefficient (Wildman–Crippen LogP) is 3.49. The average molecular weight is 313 g/mol. The molecule has 0 unspecified atom stereocenters. The highest BCUT2D eigenvalue weighted by Crippen LogP contribution is 2.13. The van der Waals surface area contributed by atoms with Crippen molar-refractivity contribution in [3.8, 4) is 0 Å². The Morgan fingerprint density at radius 2 is 1.39 bits per heavy atom. The van der Waals surface area contributed by atoms with E-state index < -0.39 is 11.8 Å². The minimum atomic E-state index is -0.526. The van der Waals surface area contributed by atoms with E-state index >= 15 is 0 Å². The molecule has 0 aromatic heterocycles. The molecule has 0 fully saturated rings. The lowest BCUT2D eigenvalue weighted by atomic mass is 10.1. The van der Waals surface area contributed by atoms with E-state index in [1.54, 1.807) is 18.2 Å². The highest BCUT2D eigenvalue weighted by Gasteiger charge is 2.09. The number of hydrogen-bond donors (Lipinski definition) is 2. The summed E-state index contributed by atoms with van der Waals surface area (Å²) < 4.78 is 0. The summed E-state index contributed by atoms with van der Waals surface area (Å²) in [6.45, 7) is 5.87. The summed E-state index contributed by atoms with van der Waals surface area (Å²) in [6.07, 6.45) is 0. The number of carbonyl (C=O) groups excluding carboxylic acids is 2. The topological polar surface area (TPSA) is 87.6 Å². The number of nitrogens with zero attached hydrogens (tertiary/aromatic N) is 1.